The van der Waals surface area contributed by atoms with Gasteiger partial charge >= 0.3 is 0 Å². The molecule has 2 rings (SSSR count). The van der Waals surface area contributed by atoms with Crippen LogP contribution < -0.4 is 5.73 Å². The van der Waals surface area contributed by atoms with E-state index < -0.39 is 15.6 Å². The number of hydrogen-bond donors (Lipinski definition) is 2. The fourth-order valence-electron chi connectivity index (χ4n) is 3.26. The van der Waals surface area contributed by atoms with E-state index in [9.17, 15) is 8.42 Å². The molecule has 0 bridgehead atoms. The van der Waals surface area contributed by atoms with Gasteiger partial charge in [0.1, 0.15) is 0 Å². The second-order valence-corrected chi connectivity index (χ2v) is 7.67. The van der Waals surface area contributed by atoms with Crippen LogP contribution in [0.5, 0.6) is 0 Å². The second kappa shape index (κ2) is 6.89. The number of aromatic nitrogens is 2. The Labute approximate surface area is 127 Å². The van der Waals surface area contributed by atoms with Crippen molar-refractivity contribution in [1.82, 2.24) is 14.3 Å². The summed E-state index contributed by atoms with van der Waals surface area (Å²) in [5.41, 5.74) is 5.61. The van der Waals surface area contributed by atoms with Gasteiger partial charge in [0.25, 0.3) is 10.0 Å². The first-order valence-corrected chi connectivity index (χ1v) is 9.22. The summed E-state index contributed by atoms with van der Waals surface area (Å²) in [5.74, 6) is 0. The molecule has 1 saturated carbocycles. The lowest BCUT2D eigenvalue weighted by Crippen LogP contribution is -2.56. The molecule has 0 spiro atoms. The summed E-state index contributed by atoms with van der Waals surface area (Å²) in [6.07, 6.45) is 9.63. The van der Waals surface area contributed by atoms with E-state index in [-0.39, 0.29) is 5.03 Å². The number of nitrogens with one attached hydrogen (secondary N) is 1. The lowest BCUT2D eigenvalue weighted by molar-refractivity contribution is 0.167. The van der Waals surface area contributed by atoms with Crippen LogP contribution in [0.25, 0.3) is 0 Å². The Hall–Kier alpha value is -0.920. The topological polar surface area (TPSA) is 92.1 Å². The molecule has 0 aromatic carbocycles. The van der Waals surface area contributed by atoms with E-state index in [0.717, 1.165) is 44.9 Å². The molecule has 1 aliphatic carbocycles. The van der Waals surface area contributed by atoms with E-state index in [1.54, 1.807) is 4.31 Å². The smallest absolute Gasteiger partial charge is 0.260 e. The predicted molar refractivity (Wildman–Crippen MR) is 82.3 cm³/mol. The lowest BCUT2D eigenvalue weighted by Gasteiger charge is -2.41. The molecule has 1 aromatic rings. The van der Waals surface area contributed by atoms with Crippen molar-refractivity contribution in [2.75, 3.05) is 13.1 Å². The van der Waals surface area contributed by atoms with Gasteiger partial charge in [-0.1, -0.05) is 32.6 Å². The molecular formula is C14H26N4O2S. The Kier molecular flexibility index (Phi) is 5.40. The molecule has 21 heavy (non-hydrogen) atoms. The number of rotatable bonds is 6. The van der Waals surface area contributed by atoms with E-state index >= 15 is 0 Å². The molecule has 1 fully saturated rings. The molecule has 0 atom stereocenters. The predicted octanol–water partition coefficient (Wildman–Crippen LogP) is 1.86. The van der Waals surface area contributed by atoms with Crippen LogP contribution in [-0.2, 0) is 10.0 Å². The third-order valence-corrected chi connectivity index (χ3v) is 6.34. The number of nitrogens with two attached hydrogens (primary N) is 1. The van der Waals surface area contributed by atoms with Crippen LogP contribution in [0.2, 0.25) is 0 Å². The molecule has 0 amide bonds. The van der Waals surface area contributed by atoms with E-state index in [1.807, 2.05) is 6.92 Å². The average molecular weight is 314 g/mol. The molecule has 7 heteroatoms. The number of aromatic amines is 1. The van der Waals surface area contributed by atoms with Crippen LogP contribution in [0.3, 0.4) is 0 Å². The molecule has 0 aliphatic heterocycles. The SMILES string of the molecule is CCCN(C1(CN)CCCCCC1)S(=O)(=O)c1cnc[nH]1. The fourth-order valence-corrected chi connectivity index (χ4v) is 5.08. The highest BCUT2D eigenvalue weighted by Crippen LogP contribution is 2.35. The normalized spacial score (nSPS) is 19.6. The van der Waals surface area contributed by atoms with Gasteiger partial charge < -0.3 is 10.7 Å². The van der Waals surface area contributed by atoms with Crippen molar-refractivity contribution in [2.24, 2.45) is 5.73 Å². The van der Waals surface area contributed by atoms with E-state index in [1.165, 1.54) is 12.5 Å². The molecule has 0 saturated heterocycles. The monoisotopic (exact) mass is 314 g/mol. The Morgan fingerprint density at radius 3 is 2.48 bits per heavy atom. The molecule has 1 aliphatic rings. The molecule has 0 radical (unpaired) electrons. The quantitative estimate of drug-likeness (QED) is 0.784. The maximum atomic E-state index is 13.0. The van der Waals surface area contributed by atoms with Crippen LogP contribution in [0.1, 0.15) is 51.9 Å². The van der Waals surface area contributed by atoms with E-state index in [0.29, 0.717) is 13.1 Å². The van der Waals surface area contributed by atoms with Crippen LogP contribution in [0.15, 0.2) is 17.6 Å². The molecule has 120 valence electrons. The highest BCUT2D eigenvalue weighted by atomic mass is 32.2. The second-order valence-electron chi connectivity index (χ2n) is 5.84. The summed E-state index contributed by atoms with van der Waals surface area (Å²) in [6.45, 7) is 2.87. The summed E-state index contributed by atoms with van der Waals surface area (Å²) in [7, 11) is -3.57. The molecule has 3 N–H and O–H groups in total. The first kappa shape index (κ1) is 16.5. The first-order chi connectivity index (χ1) is 10.1. The molecular weight excluding hydrogens is 288 g/mol. The minimum Gasteiger partial charge on any atom is -0.335 e. The van der Waals surface area contributed by atoms with Gasteiger partial charge in [-0.15, -0.1) is 0 Å². The van der Waals surface area contributed by atoms with Crippen molar-refractivity contribution in [3.63, 3.8) is 0 Å². The summed E-state index contributed by atoms with van der Waals surface area (Å²) in [5, 5.41) is 0.160. The summed E-state index contributed by atoms with van der Waals surface area (Å²) in [6, 6.07) is 0. The molecule has 6 nitrogen and oxygen atoms in total. The van der Waals surface area contributed by atoms with E-state index in [2.05, 4.69) is 9.97 Å². The van der Waals surface area contributed by atoms with Gasteiger partial charge in [-0.25, -0.2) is 13.4 Å². The largest absolute Gasteiger partial charge is 0.335 e. The highest BCUT2D eigenvalue weighted by Gasteiger charge is 2.43. The number of nitrogens with zero attached hydrogens (tertiary/aromatic N) is 2. The van der Waals surface area contributed by atoms with Crippen molar-refractivity contribution < 1.29 is 8.42 Å². The fraction of sp³-hybridized carbons (Fsp3) is 0.786. The zero-order valence-electron chi connectivity index (χ0n) is 12.7. The van der Waals surface area contributed by atoms with Gasteiger partial charge in [-0.05, 0) is 19.3 Å². The number of H-pyrrole nitrogens is 1. The molecule has 1 heterocycles. The highest BCUT2D eigenvalue weighted by molar-refractivity contribution is 7.89. The Morgan fingerprint density at radius 2 is 2.00 bits per heavy atom. The van der Waals surface area contributed by atoms with Gasteiger partial charge in [-0.3, -0.25) is 0 Å². The lowest BCUT2D eigenvalue weighted by atomic mass is 9.90. The van der Waals surface area contributed by atoms with Crippen LogP contribution in [0.4, 0.5) is 0 Å². The first-order valence-electron chi connectivity index (χ1n) is 7.78. The zero-order valence-corrected chi connectivity index (χ0v) is 13.5. The van der Waals surface area contributed by atoms with Crippen molar-refractivity contribution in [2.45, 2.75) is 62.4 Å². The standard InChI is InChI=1S/C14H26N4O2S/c1-2-9-18(21(19,20)13-10-16-12-17-13)14(11-15)7-5-3-4-6-8-14/h10,12H,2-9,11,15H2,1H3,(H,16,17). The van der Waals surface area contributed by atoms with Gasteiger partial charge in [0.2, 0.25) is 0 Å². The van der Waals surface area contributed by atoms with Gasteiger partial charge in [-0.2, -0.15) is 4.31 Å². The van der Waals surface area contributed by atoms with Crippen molar-refractivity contribution >= 4 is 10.0 Å². The Bertz CT molecular complexity index is 519. The third kappa shape index (κ3) is 3.30. The summed E-state index contributed by atoms with van der Waals surface area (Å²) < 4.78 is 27.6. The molecule has 1 aromatic heterocycles. The number of imidazole rings is 1. The third-order valence-electron chi connectivity index (χ3n) is 4.41. The van der Waals surface area contributed by atoms with Gasteiger partial charge in [0, 0.05) is 18.6 Å². The maximum Gasteiger partial charge on any atom is 0.260 e. The van der Waals surface area contributed by atoms with Gasteiger partial charge in [0.15, 0.2) is 5.03 Å². The maximum absolute atomic E-state index is 13.0. The molecule has 0 unspecified atom stereocenters. The average Bonchev–Trinajstić information content (AvgIpc) is 2.92. The minimum absolute atomic E-state index is 0.160. The Morgan fingerprint density at radius 1 is 1.33 bits per heavy atom. The number of sulfonamides is 1. The van der Waals surface area contributed by atoms with Crippen LogP contribution in [-0.4, -0.2) is 41.3 Å². The Balaban J connectivity index is 2.40. The zero-order chi connectivity index (χ0) is 15.3. The van der Waals surface area contributed by atoms with Crippen molar-refractivity contribution in [1.29, 1.82) is 0 Å². The van der Waals surface area contributed by atoms with Crippen molar-refractivity contribution in [3.8, 4) is 0 Å². The number of hydrogen-bond acceptors (Lipinski definition) is 4. The van der Waals surface area contributed by atoms with Crippen LogP contribution >= 0.6 is 0 Å². The minimum atomic E-state index is -3.57. The summed E-state index contributed by atoms with van der Waals surface area (Å²) in [4.78, 5) is 6.58. The van der Waals surface area contributed by atoms with E-state index in [4.69, 9.17) is 5.73 Å². The van der Waals surface area contributed by atoms with Crippen LogP contribution in [0, 0.1) is 0 Å². The summed E-state index contributed by atoms with van der Waals surface area (Å²) >= 11 is 0. The van der Waals surface area contributed by atoms with Gasteiger partial charge in [0.05, 0.1) is 12.5 Å². The van der Waals surface area contributed by atoms with Crippen molar-refractivity contribution in [3.05, 3.63) is 12.5 Å².